The SMILES string of the molecule is CC(=O)[O][Ti]([CH3])([O]C(C)=O)[CH]1CCCC2=C1C(C)C1=C2CCCC1. The first kappa shape index (κ1) is 17.9. The summed E-state index contributed by atoms with van der Waals surface area (Å²) in [5.41, 5.74) is 6.15. The molecule has 5 heteroatoms. The van der Waals surface area contributed by atoms with Gasteiger partial charge in [-0.1, -0.05) is 0 Å². The molecule has 0 heterocycles. The van der Waals surface area contributed by atoms with Crippen molar-refractivity contribution in [1.29, 1.82) is 0 Å². The molecule has 0 aliphatic heterocycles. The van der Waals surface area contributed by atoms with Gasteiger partial charge < -0.3 is 0 Å². The van der Waals surface area contributed by atoms with Gasteiger partial charge in [0.05, 0.1) is 0 Å². The van der Waals surface area contributed by atoms with E-state index < -0.39 is 17.4 Å². The first-order chi connectivity index (χ1) is 11.3. The molecule has 0 aromatic heterocycles. The number of rotatable bonds is 3. The Morgan fingerprint density at radius 3 is 2.17 bits per heavy atom. The maximum atomic E-state index is 11.7. The van der Waals surface area contributed by atoms with Crippen LogP contribution in [0.2, 0.25) is 9.45 Å². The van der Waals surface area contributed by atoms with Crippen molar-refractivity contribution >= 4 is 11.9 Å². The molecule has 3 rings (SSSR count). The zero-order valence-electron chi connectivity index (χ0n) is 15.2. The van der Waals surface area contributed by atoms with E-state index in [-0.39, 0.29) is 16.2 Å². The van der Waals surface area contributed by atoms with Crippen LogP contribution in [0.5, 0.6) is 0 Å². The van der Waals surface area contributed by atoms with Crippen LogP contribution in [0.1, 0.15) is 65.7 Å². The molecular weight excluding hydrogens is 340 g/mol. The first-order valence-electron chi connectivity index (χ1n) is 9.18. The van der Waals surface area contributed by atoms with Gasteiger partial charge in [-0.25, -0.2) is 0 Å². The number of carbonyl (C=O) groups is 2. The van der Waals surface area contributed by atoms with Gasteiger partial charge >= 0.3 is 149 Å². The van der Waals surface area contributed by atoms with Crippen molar-refractivity contribution < 1.29 is 33.6 Å². The number of carbonyl (C=O) groups excluding carboxylic acids is 2. The molecule has 0 amide bonds. The molecule has 24 heavy (non-hydrogen) atoms. The van der Waals surface area contributed by atoms with E-state index in [1.54, 1.807) is 11.1 Å². The van der Waals surface area contributed by atoms with E-state index in [1.807, 2.05) is 5.23 Å². The fraction of sp³-hybridized carbons (Fsp3) is 0.684. The van der Waals surface area contributed by atoms with Crippen molar-refractivity contribution in [2.24, 2.45) is 5.92 Å². The van der Waals surface area contributed by atoms with E-state index in [1.165, 1.54) is 50.7 Å². The van der Waals surface area contributed by atoms with Gasteiger partial charge in [0.25, 0.3) is 0 Å². The average Bonchev–Trinajstić information content (AvgIpc) is 2.79. The van der Waals surface area contributed by atoms with Crippen molar-refractivity contribution in [3.05, 3.63) is 22.3 Å². The van der Waals surface area contributed by atoms with Gasteiger partial charge in [0.15, 0.2) is 0 Å². The monoisotopic (exact) mass is 368 g/mol. The molecule has 0 N–H and O–H groups in total. The molecule has 0 radical (unpaired) electrons. The summed E-state index contributed by atoms with van der Waals surface area (Å²) < 4.78 is 11.6. The van der Waals surface area contributed by atoms with Gasteiger partial charge in [-0.05, 0) is 0 Å². The average molecular weight is 368 g/mol. The third-order valence-corrected chi connectivity index (χ3v) is 10.9. The van der Waals surface area contributed by atoms with Crippen LogP contribution in [0.3, 0.4) is 0 Å². The summed E-state index contributed by atoms with van der Waals surface area (Å²) in [5.74, 6) is -0.221. The Labute approximate surface area is 149 Å². The standard InChI is InChI=1S/C14H19.2C2H4O2.CH3.Ti/c1-10-11-6-2-4-8-13(11)14-9-5-3-7-12(10)14;2*1-2(3)4;;/h6,10H,2-5,7-9H2,1H3;2*1H3,(H,3,4);1H3;/q;;;;+2/p-2. The van der Waals surface area contributed by atoms with Crippen LogP contribution in [0, 0.1) is 5.92 Å². The second-order valence-corrected chi connectivity index (χ2v) is 12.4. The quantitative estimate of drug-likeness (QED) is 0.663. The van der Waals surface area contributed by atoms with Gasteiger partial charge in [-0.2, -0.15) is 0 Å². The molecule has 4 nitrogen and oxygen atoms in total. The predicted octanol–water partition coefficient (Wildman–Crippen LogP) is 4.93. The normalized spacial score (nSPS) is 26.8. The minimum absolute atomic E-state index is 0.141. The van der Waals surface area contributed by atoms with Crippen molar-refractivity contribution in [3.8, 4) is 0 Å². The first-order valence-corrected chi connectivity index (χ1v) is 12.9. The molecular formula is C19H28O4Ti. The summed E-state index contributed by atoms with van der Waals surface area (Å²) in [6.45, 7) is 5.14. The topological polar surface area (TPSA) is 52.6 Å². The van der Waals surface area contributed by atoms with Gasteiger partial charge in [0, 0.05) is 0 Å². The third-order valence-electron chi connectivity index (χ3n) is 5.83. The van der Waals surface area contributed by atoms with E-state index in [2.05, 4.69) is 6.92 Å². The number of hydrogen-bond donors (Lipinski definition) is 0. The Hall–Kier alpha value is -0.866. The summed E-state index contributed by atoms with van der Waals surface area (Å²) >= 11 is -3.56. The van der Waals surface area contributed by atoms with Crippen LogP contribution in [0.25, 0.3) is 0 Å². The molecule has 2 atom stereocenters. The van der Waals surface area contributed by atoms with Gasteiger partial charge in [-0.3, -0.25) is 0 Å². The summed E-state index contributed by atoms with van der Waals surface area (Å²) in [5, 5.41) is 1.94. The number of fused-ring (bicyclic) bond motifs is 1. The predicted molar refractivity (Wildman–Crippen MR) is 88.7 cm³/mol. The fourth-order valence-electron chi connectivity index (χ4n) is 5.10. The molecule has 0 fully saturated rings. The van der Waals surface area contributed by atoms with E-state index in [0.717, 1.165) is 19.3 Å². The molecule has 2 unspecified atom stereocenters. The molecule has 0 saturated heterocycles. The molecule has 3 aliphatic rings. The van der Waals surface area contributed by atoms with Crippen LogP contribution < -0.4 is 0 Å². The third kappa shape index (κ3) is 3.15. The van der Waals surface area contributed by atoms with Crippen molar-refractivity contribution in [2.75, 3.05) is 0 Å². The van der Waals surface area contributed by atoms with E-state index in [9.17, 15) is 9.59 Å². The summed E-state index contributed by atoms with van der Waals surface area (Å²) in [4.78, 5) is 23.4. The van der Waals surface area contributed by atoms with Gasteiger partial charge in [0.1, 0.15) is 0 Å². The Balaban J connectivity index is 1.99. The second kappa shape index (κ2) is 6.80. The molecule has 0 aromatic rings. The van der Waals surface area contributed by atoms with Gasteiger partial charge in [-0.15, -0.1) is 0 Å². The fourth-order valence-corrected chi connectivity index (χ4v) is 10.1. The summed E-state index contributed by atoms with van der Waals surface area (Å²) in [7, 11) is 0. The Kier molecular flexibility index (Phi) is 5.08. The number of hydrogen-bond acceptors (Lipinski definition) is 4. The van der Waals surface area contributed by atoms with Crippen molar-refractivity contribution in [2.45, 2.75) is 75.2 Å². The zero-order chi connectivity index (χ0) is 17.5. The van der Waals surface area contributed by atoms with Crippen LogP contribution >= 0.6 is 0 Å². The Morgan fingerprint density at radius 2 is 1.54 bits per heavy atom. The Morgan fingerprint density at radius 1 is 0.958 bits per heavy atom. The van der Waals surface area contributed by atoms with Crippen LogP contribution in [0.4, 0.5) is 0 Å². The molecule has 0 bridgehead atoms. The Bertz CT molecular complexity index is 615. The summed E-state index contributed by atoms with van der Waals surface area (Å²) in [6, 6.07) is 0. The maximum absolute atomic E-state index is 11.7. The summed E-state index contributed by atoms with van der Waals surface area (Å²) in [6.07, 6.45) is 8.14. The van der Waals surface area contributed by atoms with Crippen molar-refractivity contribution in [3.63, 3.8) is 0 Å². The van der Waals surface area contributed by atoms with E-state index in [0.29, 0.717) is 5.92 Å². The van der Waals surface area contributed by atoms with E-state index in [4.69, 9.17) is 6.64 Å². The molecule has 0 saturated carbocycles. The van der Waals surface area contributed by atoms with Crippen molar-refractivity contribution in [1.82, 2.24) is 0 Å². The van der Waals surface area contributed by atoms with E-state index >= 15 is 0 Å². The number of allylic oxidation sites excluding steroid dienone is 4. The zero-order valence-corrected chi connectivity index (χ0v) is 16.8. The van der Waals surface area contributed by atoms with Crippen LogP contribution in [-0.4, -0.2) is 11.9 Å². The minimum atomic E-state index is -3.56. The molecule has 3 aliphatic carbocycles. The molecule has 0 spiro atoms. The van der Waals surface area contributed by atoms with Gasteiger partial charge in [0.2, 0.25) is 0 Å². The van der Waals surface area contributed by atoms with Crippen LogP contribution in [0.15, 0.2) is 22.3 Å². The second-order valence-electron chi connectivity index (χ2n) is 7.51. The molecule has 132 valence electrons. The molecule has 0 aromatic carbocycles. The van der Waals surface area contributed by atoms with Crippen LogP contribution in [-0.2, 0) is 33.6 Å².